The number of carbonyl (C=O) groups is 1. The van der Waals surface area contributed by atoms with Crippen molar-refractivity contribution in [1.29, 1.82) is 0 Å². The third-order valence-corrected chi connectivity index (χ3v) is 4.47. The highest BCUT2D eigenvalue weighted by Crippen LogP contribution is 2.32. The van der Waals surface area contributed by atoms with Gasteiger partial charge in [0.25, 0.3) is 0 Å². The van der Waals surface area contributed by atoms with Gasteiger partial charge in [-0.3, -0.25) is 4.79 Å². The van der Waals surface area contributed by atoms with Gasteiger partial charge in [-0.05, 0) is 30.9 Å². The molecule has 0 N–H and O–H groups in total. The lowest BCUT2D eigenvalue weighted by atomic mass is 9.84. The molecule has 0 saturated heterocycles. The summed E-state index contributed by atoms with van der Waals surface area (Å²) in [6.45, 7) is 4.27. The van der Waals surface area contributed by atoms with Gasteiger partial charge in [-0.15, -0.1) is 0 Å². The Morgan fingerprint density at radius 3 is 2.63 bits per heavy atom. The standard InChI is InChI=1S/C17H25NO/c1-4-17(19)14-10-6-8-12-16(14)18(3)15-11-7-5-9-13(15)2/h6,8,10,12-13,15H,4-5,7,9,11H2,1-3H3. The number of rotatable bonds is 4. The molecule has 0 aliphatic heterocycles. The maximum absolute atomic E-state index is 12.1. The first kappa shape index (κ1) is 14.1. The molecule has 1 aromatic carbocycles. The molecule has 2 atom stereocenters. The van der Waals surface area contributed by atoms with Crippen LogP contribution < -0.4 is 4.90 Å². The lowest BCUT2D eigenvalue weighted by Gasteiger charge is -2.38. The summed E-state index contributed by atoms with van der Waals surface area (Å²) in [4.78, 5) is 14.4. The third-order valence-electron chi connectivity index (χ3n) is 4.47. The second kappa shape index (κ2) is 6.23. The smallest absolute Gasteiger partial charge is 0.164 e. The van der Waals surface area contributed by atoms with Crippen LogP contribution in [-0.2, 0) is 0 Å². The van der Waals surface area contributed by atoms with Crippen LogP contribution in [0.25, 0.3) is 0 Å². The van der Waals surface area contributed by atoms with Gasteiger partial charge in [0, 0.05) is 30.8 Å². The molecular formula is C17H25NO. The molecule has 0 amide bonds. The number of ketones is 1. The van der Waals surface area contributed by atoms with Crippen LogP contribution in [0.4, 0.5) is 5.69 Å². The Bertz CT molecular complexity index is 441. The van der Waals surface area contributed by atoms with Crippen LogP contribution in [-0.4, -0.2) is 18.9 Å². The maximum Gasteiger partial charge on any atom is 0.164 e. The van der Waals surface area contributed by atoms with Crippen LogP contribution in [0.2, 0.25) is 0 Å². The van der Waals surface area contributed by atoms with Crippen molar-refractivity contribution in [2.45, 2.75) is 52.0 Å². The molecule has 2 rings (SSSR count). The van der Waals surface area contributed by atoms with Crippen molar-refractivity contribution in [1.82, 2.24) is 0 Å². The molecule has 1 aliphatic carbocycles. The van der Waals surface area contributed by atoms with Crippen molar-refractivity contribution in [3.63, 3.8) is 0 Å². The van der Waals surface area contributed by atoms with Crippen molar-refractivity contribution in [3.05, 3.63) is 29.8 Å². The number of Topliss-reactive ketones (excluding diaryl/α,β-unsaturated/α-hetero) is 1. The molecule has 0 aromatic heterocycles. The topological polar surface area (TPSA) is 20.3 Å². The monoisotopic (exact) mass is 259 g/mol. The number of para-hydroxylation sites is 1. The van der Waals surface area contributed by atoms with E-state index in [1.54, 1.807) is 0 Å². The Hall–Kier alpha value is -1.31. The van der Waals surface area contributed by atoms with Gasteiger partial charge in [0.2, 0.25) is 0 Å². The Morgan fingerprint density at radius 2 is 1.95 bits per heavy atom. The minimum Gasteiger partial charge on any atom is -0.371 e. The quantitative estimate of drug-likeness (QED) is 0.752. The fraction of sp³-hybridized carbons (Fsp3) is 0.588. The van der Waals surface area contributed by atoms with E-state index >= 15 is 0 Å². The number of hydrogen-bond donors (Lipinski definition) is 0. The average molecular weight is 259 g/mol. The fourth-order valence-electron chi connectivity index (χ4n) is 3.26. The van der Waals surface area contributed by atoms with Crippen LogP contribution in [0.5, 0.6) is 0 Å². The van der Waals surface area contributed by atoms with Crippen LogP contribution in [0.15, 0.2) is 24.3 Å². The molecule has 104 valence electrons. The molecular weight excluding hydrogens is 234 g/mol. The van der Waals surface area contributed by atoms with Gasteiger partial charge in [-0.1, -0.05) is 38.8 Å². The summed E-state index contributed by atoms with van der Waals surface area (Å²) >= 11 is 0. The highest BCUT2D eigenvalue weighted by molar-refractivity contribution is 6.01. The first-order valence-electron chi connectivity index (χ1n) is 7.50. The molecule has 1 saturated carbocycles. The molecule has 0 spiro atoms. The number of benzene rings is 1. The molecule has 1 aliphatic rings. The van der Waals surface area contributed by atoms with Gasteiger partial charge < -0.3 is 4.90 Å². The molecule has 1 fully saturated rings. The molecule has 2 nitrogen and oxygen atoms in total. The van der Waals surface area contributed by atoms with E-state index in [0.29, 0.717) is 18.4 Å². The molecule has 1 aromatic rings. The van der Waals surface area contributed by atoms with E-state index in [9.17, 15) is 4.79 Å². The summed E-state index contributed by atoms with van der Waals surface area (Å²) in [5, 5.41) is 0. The Kier molecular flexibility index (Phi) is 4.62. The van der Waals surface area contributed by atoms with Crippen LogP contribution in [0, 0.1) is 5.92 Å². The average Bonchev–Trinajstić information content (AvgIpc) is 2.46. The van der Waals surface area contributed by atoms with Gasteiger partial charge in [0.05, 0.1) is 0 Å². The molecule has 0 radical (unpaired) electrons. The van der Waals surface area contributed by atoms with Crippen LogP contribution in [0.1, 0.15) is 56.3 Å². The summed E-state index contributed by atoms with van der Waals surface area (Å²) in [5.74, 6) is 0.953. The first-order valence-corrected chi connectivity index (χ1v) is 7.50. The number of anilines is 1. The minimum absolute atomic E-state index is 0.242. The van der Waals surface area contributed by atoms with Crippen molar-refractivity contribution < 1.29 is 4.79 Å². The molecule has 0 heterocycles. The Balaban J connectivity index is 2.27. The lowest BCUT2D eigenvalue weighted by Crippen LogP contribution is -2.39. The highest BCUT2D eigenvalue weighted by Gasteiger charge is 2.26. The molecule has 2 unspecified atom stereocenters. The van der Waals surface area contributed by atoms with Crippen molar-refractivity contribution in [2.24, 2.45) is 5.92 Å². The lowest BCUT2D eigenvalue weighted by molar-refractivity contribution is 0.0988. The fourth-order valence-corrected chi connectivity index (χ4v) is 3.26. The number of carbonyl (C=O) groups excluding carboxylic acids is 1. The van der Waals surface area contributed by atoms with Crippen molar-refractivity contribution in [2.75, 3.05) is 11.9 Å². The summed E-state index contributed by atoms with van der Waals surface area (Å²) in [6.07, 6.45) is 5.78. The Morgan fingerprint density at radius 1 is 1.26 bits per heavy atom. The normalized spacial score (nSPS) is 23.1. The first-order chi connectivity index (χ1) is 9.15. The van der Waals surface area contributed by atoms with Gasteiger partial charge >= 0.3 is 0 Å². The van der Waals surface area contributed by atoms with Crippen LogP contribution >= 0.6 is 0 Å². The van der Waals surface area contributed by atoms with E-state index < -0.39 is 0 Å². The van der Waals surface area contributed by atoms with E-state index in [4.69, 9.17) is 0 Å². The molecule has 19 heavy (non-hydrogen) atoms. The number of nitrogens with zero attached hydrogens (tertiary/aromatic N) is 1. The second-order valence-corrected chi connectivity index (χ2v) is 5.73. The van der Waals surface area contributed by atoms with Gasteiger partial charge in [0.15, 0.2) is 5.78 Å². The number of hydrogen-bond acceptors (Lipinski definition) is 2. The zero-order valence-electron chi connectivity index (χ0n) is 12.4. The zero-order valence-corrected chi connectivity index (χ0v) is 12.4. The van der Waals surface area contributed by atoms with E-state index in [1.807, 2.05) is 25.1 Å². The summed E-state index contributed by atoms with van der Waals surface area (Å²) in [7, 11) is 2.15. The summed E-state index contributed by atoms with van der Waals surface area (Å²) < 4.78 is 0. The van der Waals surface area contributed by atoms with Gasteiger partial charge in [-0.25, -0.2) is 0 Å². The molecule has 2 heteroatoms. The Labute approximate surface area is 116 Å². The SMILES string of the molecule is CCC(=O)c1ccccc1N(C)C1CCCCC1C. The highest BCUT2D eigenvalue weighted by atomic mass is 16.1. The minimum atomic E-state index is 0.242. The van der Waals surface area contributed by atoms with Crippen LogP contribution in [0.3, 0.4) is 0 Å². The third kappa shape index (κ3) is 2.99. The zero-order chi connectivity index (χ0) is 13.8. The van der Waals surface area contributed by atoms with Crippen molar-refractivity contribution in [3.8, 4) is 0 Å². The van der Waals surface area contributed by atoms with Crippen molar-refractivity contribution >= 4 is 11.5 Å². The van der Waals surface area contributed by atoms with Gasteiger partial charge in [0.1, 0.15) is 0 Å². The van der Waals surface area contributed by atoms with E-state index in [0.717, 1.165) is 11.3 Å². The van der Waals surface area contributed by atoms with E-state index in [-0.39, 0.29) is 5.78 Å². The molecule has 0 bridgehead atoms. The predicted octanol–water partition coefficient (Wildman–Crippen LogP) is 4.29. The predicted molar refractivity (Wildman–Crippen MR) is 80.9 cm³/mol. The van der Waals surface area contributed by atoms with E-state index in [1.165, 1.54) is 25.7 Å². The largest absolute Gasteiger partial charge is 0.371 e. The second-order valence-electron chi connectivity index (χ2n) is 5.73. The summed E-state index contributed by atoms with van der Waals surface area (Å²) in [6, 6.07) is 8.62. The maximum atomic E-state index is 12.1. The summed E-state index contributed by atoms with van der Waals surface area (Å²) in [5.41, 5.74) is 1.98. The van der Waals surface area contributed by atoms with E-state index in [2.05, 4.69) is 24.9 Å². The van der Waals surface area contributed by atoms with Gasteiger partial charge in [-0.2, -0.15) is 0 Å².